The highest BCUT2D eigenvalue weighted by Gasteiger charge is 2.45. The standard InChI is InChI=1S/C12H12F3NO3S/c13-12(14,15)20(18,19)16-11(17)10-6-5-8-3-1-2-4-9(8)7-10/h5-7H,1-4H2,(H,16,17)/p-1. The second kappa shape index (κ2) is 5.08. The van der Waals surface area contributed by atoms with Crippen LogP contribution < -0.4 is 5.11 Å². The third-order valence-corrected chi connectivity index (χ3v) is 4.08. The van der Waals surface area contributed by atoms with E-state index in [1.807, 2.05) is 0 Å². The molecule has 1 aliphatic carbocycles. The number of rotatable bonds is 2. The minimum Gasteiger partial charge on any atom is -0.858 e. The van der Waals surface area contributed by atoms with Gasteiger partial charge in [-0.25, -0.2) is 0 Å². The van der Waals surface area contributed by atoms with Gasteiger partial charge in [-0.3, -0.25) is 0 Å². The summed E-state index contributed by atoms with van der Waals surface area (Å²) in [5.41, 5.74) is -3.80. The van der Waals surface area contributed by atoms with Crippen molar-refractivity contribution in [1.82, 2.24) is 0 Å². The van der Waals surface area contributed by atoms with Crippen LogP contribution in [0.2, 0.25) is 0 Å². The molecule has 8 heteroatoms. The summed E-state index contributed by atoms with van der Waals surface area (Å²) in [5.74, 6) is -1.39. The zero-order valence-corrected chi connectivity index (χ0v) is 11.1. The van der Waals surface area contributed by atoms with Gasteiger partial charge in [0.1, 0.15) is 0 Å². The average molecular weight is 306 g/mol. The maximum absolute atomic E-state index is 12.1. The molecule has 0 saturated carbocycles. The van der Waals surface area contributed by atoms with E-state index in [4.69, 9.17) is 0 Å². The molecular weight excluding hydrogens is 295 g/mol. The summed E-state index contributed by atoms with van der Waals surface area (Å²) in [6.45, 7) is 0. The molecule has 0 bridgehead atoms. The van der Waals surface area contributed by atoms with Crippen LogP contribution in [0.3, 0.4) is 0 Å². The summed E-state index contributed by atoms with van der Waals surface area (Å²) in [5, 5.41) is 11.5. The zero-order valence-electron chi connectivity index (χ0n) is 10.3. The number of benzene rings is 1. The summed E-state index contributed by atoms with van der Waals surface area (Å²) in [6.07, 6.45) is 3.53. The van der Waals surface area contributed by atoms with Crippen LogP contribution in [0.4, 0.5) is 13.2 Å². The lowest BCUT2D eigenvalue weighted by Crippen LogP contribution is -2.27. The Morgan fingerprint density at radius 2 is 1.75 bits per heavy atom. The molecule has 110 valence electrons. The maximum Gasteiger partial charge on any atom is 0.518 e. The fourth-order valence-corrected chi connectivity index (χ4v) is 2.51. The monoisotopic (exact) mass is 306 g/mol. The molecule has 0 unspecified atom stereocenters. The molecule has 1 aromatic carbocycles. The fourth-order valence-electron chi connectivity index (χ4n) is 2.08. The normalized spacial score (nSPS) is 16.9. The highest BCUT2D eigenvalue weighted by Crippen LogP contribution is 2.26. The van der Waals surface area contributed by atoms with Crippen molar-refractivity contribution in [3.8, 4) is 0 Å². The van der Waals surface area contributed by atoms with Gasteiger partial charge in [-0.05, 0) is 42.4 Å². The summed E-state index contributed by atoms with van der Waals surface area (Å²) in [7, 11) is -5.79. The lowest BCUT2D eigenvalue weighted by molar-refractivity contribution is -0.212. The van der Waals surface area contributed by atoms with Crippen molar-refractivity contribution in [2.45, 2.75) is 31.2 Å². The van der Waals surface area contributed by atoms with Gasteiger partial charge < -0.3 is 5.11 Å². The van der Waals surface area contributed by atoms with Gasteiger partial charge in [0.05, 0.1) is 0 Å². The van der Waals surface area contributed by atoms with E-state index in [1.54, 1.807) is 6.07 Å². The van der Waals surface area contributed by atoms with Crippen molar-refractivity contribution in [1.29, 1.82) is 0 Å². The Balaban J connectivity index is 2.37. The SMILES string of the molecule is O=S(=O)(/N=C(\[O-])c1ccc2c(c1)CCCC2)C(F)(F)F. The number of aryl methyl sites for hydroxylation is 2. The van der Waals surface area contributed by atoms with E-state index in [0.29, 0.717) is 0 Å². The number of fused-ring (bicyclic) bond motifs is 1. The smallest absolute Gasteiger partial charge is 0.518 e. The van der Waals surface area contributed by atoms with Crippen LogP contribution in [-0.2, 0) is 22.9 Å². The van der Waals surface area contributed by atoms with Crippen LogP contribution in [0.15, 0.2) is 22.6 Å². The Bertz CT molecular complexity index is 650. The molecule has 0 fully saturated rings. The summed E-state index contributed by atoms with van der Waals surface area (Å²) >= 11 is 0. The second-order valence-electron chi connectivity index (χ2n) is 4.51. The number of hydrogen-bond donors (Lipinski definition) is 0. The molecule has 1 aliphatic rings. The Morgan fingerprint density at radius 1 is 1.15 bits per heavy atom. The predicted molar refractivity (Wildman–Crippen MR) is 64.6 cm³/mol. The quantitative estimate of drug-likeness (QED) is 0.614. The topological polar surface area (TPSA) is 69.6 Å². The first-order valence-corrected chi connectivity index (χ1v) is 7.35. The molecule has 1 aromatic rings. The van der Waals surface area contributed by atoms with E-state index in [0.717, 1.165) is 36.8 Å². The van der Waals surface area contributed by atoms with E-state index >= 15 is 0 Å². The van der Waals surface area contributed by atoms with Crippen LogP contribution in [0.5, 0.6) is 0 Å². The molecule has 0 spiro atoms. The molecule has 0 heterocycles. The van der Waals surface area contributed by atoms with Crippen LogP contribution in [0.25, 0.3) is 0 Å². The van der Waals surface area contributed by atoms with Crippen LogP contribution in [0.1, 0.15) is 29.5 Å². The van der Waals surface area contributed by atoms with Crippen molar-refractivity contribution in [2.75, 3.05) is 0 Å². The molecule has 20 heavy (non-hydrogen) atoms. The third kappa shape index (κ3) is 2.95. The predicted octanol–water partition coefficient (Wildman–Crippen LogP) is 1.52. The number of halogens is 3. The lowest BCUT2D eigenvalue weighted by atomic mass is 9.90. The Hall–Kier alpha value is -1.57. The number of hydrogen-bond acceptors (Lipinski definition) is 3. The van der Waals surface area contributed by atoms with Crippen molar-refractivity contribution in [3.05, 3.63) is 34.9 Å². The first kappa shape index (κ1) is 14.8. The van der Waals surface area contributed by atoms with Gasteiger partial charge in [0, 0.05) is 5.90 Å². The minimum absolute atomic E-state index is 0.140. The van der Waals surface area contributed by atoms with Crippen LogP contribution >= 0.6 is 0 Å². The average Bonchev–Trinajstić information content (AvgIpc) is 2.36. The third-order valence-electron chi connectivity index (χ3n) is 3.09. The van der Waals surface area contributed by atoms with Gasteiger partial charge in [-0.15, -0.1) is 0 Å². The summed E-state index contributed by atoms with van der Waals surface area (Å²) in [4.78, 5) is 0. The highest BCUT2D eigenvalue weighted by atomic mass is 32.2. The fraction of sp³-hybridized carbons (Fsp3) is 0.417. The van der Waals surface area contributed by atoms with Gasteiger partial charge in [-0.2, -0.15) is 26.0 Å². The first-order chi connectivity index (χ1) is 9.21. The minimum atomic E-state index is -5.79. The maximum atomic E-state index is 12.1. The number of nitrogens with zero attached hydrogens (tertiary/aromatic N) is 1. The van der Waals surface area contributed by atoms with E-state index < -0.39 is 21.4 Å². The van der Waals surface area contributed by atoms with E-state index in [9.17, 15) is 26.7 Å². The highest BCUT2D eigenvalue weighted by molar-refractivity contribution is 7.91. The van der Waals surface area contributed by atoms with Gasteiger partial charge in [0.25, 0.3) is 0 Å². The molecule has 0 aliphatic heterocycles. The molecule has 0 amide bonds. The van der Waals surface area contributed by atoms with E-state index in [-0.39, 0.29) is 5.56 Å². The van der Waals surface area contributed by atoms with Crippen molar-refractivity contribution in [2.24, 2.45) is 4.40 Å². The molecular formula is C12H11F3NO3S-. The molecule has 0 saturated heterocycles. The van der Waals surface area contributed by atoms with Crippen LogP contribution in [0, 0.1) is 0 Å². The molecule has 0 N–H and O–H groups in total. The number of sulfonamides is 1. The zero-order chi connectivity index (χ0) is 15.0. The number of alkyl halides is 3. The Morgan fingerprint density at radius 3 is 2.35 bits per heavy atom. The lowest BCUT2D eigenvalue weighted by Gasteiger charge is -2.18. The molecule has 0 atom stereocenters. The summed E-state index contributed by atoms with van der Waals surface area (Å²) in [6, 6.07) is 4.37. The van der Waals surface area contributed by atoms with E-state index in [2.05, 4.69) is 4.40 Å². The second-order valence-corrected chi connectivity index (χ2v) is 6.10. The van der Waals surface area contributed by atoms with Gasteiger partial charge >= 0.3 is 15.5 Å². The summed E-state index contributed by atoms with van der Waals surface area (Å²) < 4.78 is 60.4. The van der Waals surface area contributed by atoms with Crippen LogP contribution in [-0.4, -0.2) is 19.8 Å². The molecule has 2 rings (SSSR count). The van der Waals surface area contributed by atoms with Crippen molar-refractivity contribution < 1.29 is 26.7 Å². The van der Waals surface area contributed by atoms with E-state index in [1.165, 1.54) is 12.1 Å². The van der Waals surface area contributed by atoms with Crippen molar-refractivity contribution >= 4 is 15.9 Å². The van der Waals surface area contributed by atoms with Crippen molar-refractivity contribution in [3.63, 3.8) is 0 Å². The van der Waals surface area contributed by atoms with Gasteiger partial charge in [0.2, 0.25) is 0 Å². The molecule has 4 nitrogen and oxygen atoms in total. The molecule has 0 aromatic heterocycles. The Kier molecular flexibility index (Phi) is 3.77. The largest absolute Gasteiger partial charge is 0.858 e. The Labute approximate surface area is 114 Å². The first-order valence-electron chi connectivity index (χ1n) is 5.91. The van der Waals surface area contributed by atoms with Gasteiger partial charge in [-0.1, -0.05) is 18.2 Å². The van der Waals surface area contributed by atoms with Gasteiger partial charge in [0.15, 0.2) is 0 Å². The molecule has 0 radical (unpaired) electrons.